The SMILES string of the molecule is Cc1ccccc1-c1cccc2c1oc1c(N(c3ccc(C(C)(C)C)cc3)c3ccc4c(c3)C(C)(C)c3cc(N(c5ccc(C(C)(C)C)cc5)c5cccc6c5oc5c(-c7ccccc7[Si](c7ccccc7)(c7ccccc7)c7ccccc7)cccc56)c5ccccc5c3-4)cccc12. The van der Waals surface area contributed by atoms with Crippen molar-refractivity contribution in [2.24, 2.45) is 0 Å². The van der Waals surface area contributed by atoms with Gasteiger partial charge < -0.3 is 18.6 Å². The Morgan fingerprint density at radius 3 is 1.23 bits per heavy atom. The molecule has 0 aliphatic heterocycles. The highest BCUT2D eigenvalue weighted by atomic mass is 28.3. The van der Waals surface area contributed by atoms with E-state index in [-0.39, 0.29) is 10.8 Å². The minimum Gasteiger partial charge on any atom is -0.453 e. The van der Waals surface area contributed by atoms with Crippen LogP contribution >= 0.6 is 0 Å². The fraction of sp³-hybridized carbons (Fsp3) is 0.128. The van der Waals surface area contributed by atoms with Crippen LogP contribution in [0.2, 0.25) is 0 Å². The Morgan fingerprint density at radius 2 is 0.707 bits per heavy atom. The van der Waals surface area contributed by atoms with Crippen LogP contribution < -0.4 is 30.5 Å². The average Bonchev–Trinajstić information content (AvgIpc) is 1.48. The zero-order valence-corrected chi connectivity index (χ0v) is 58.7. The molecular weight excluding hydrogens is 1220 g/mol. The molecule has 480 valence electrons. The zero-order chi connectivity index (χ0) is 67.5. The van der Waals surface area contributed by atoms with E-state index in [1.54, 1.807) is 0 Å². The maximum Gasteiger partial charge on any atom is 0.180 e. The van der Waals surface area contributed by atoms with Crippen LogP contribution in [0, 0.1) is 6.92 Å². The molecule has 4 nitrogen and oxygen atoms in total. The molecular formula is C94H78N2O2Si. The summed E-state index contributed by atoms with van der Waals surface area (Å²) in [6, 6.07) is 115. The number of hydrogen-bond acceptors (Lipinski definition) is 4. The zero-order valence-electron chi connectivity index (χ0n) is 57.7. The predicted octanol–water partition coefficient (Wildman–Crippen LogP) is 23.5. The van der Waals surface area contributed by atoms with Gasteiger partial charge in [-0.1, -0.05) is 310 Å². The first-order valence-corrected chi connectivity index (χ1v) is 36.8. The quantitative estimate of drug-likeness (QED) is 0.0901. The first-order chi connectivity index (χ1) is 48.1. The highest BCUT2D eigenvalue weighted by Gasteiger charge is 2.44. The van der Waals surface area contributed by atoms with Crippen molar-refractivity contribution in [2.75, 3.05) is 9.80 Å². The average molecular weight is 1300 g/mol. The van der Waals surface area contributed by atoms with Gasteiger partial charge in [0, 0.05) is 60.5 Å². The van der Waals surface area contributed by atoms with E-state index >= 15 is 0 Å². The summed E-state index contributed by atoms with van der Waals surface area (Å²) in [4.78, 5) is 4.90. The molecule has 0 saturated heterocycles. The Hall–Kier alpha value is -11.2. The van der Waals surface area contributed by atoms with Crippen molar-refractivity contribution in [2.45, 2.75) is 78.6 Å². The van der Waals surface area contributed by atoms with Crippen molar-refractivity contribution < 1.29 is 8.83 Å². The first kappa shape index (κ1) is 61.4. The third-order valence-corrected chi connectivity index (χ3v) is 26.1. The molecule has 0 bridgehead atoms. The van der Waals surface area contributed by atoms with Crippen LogP contribution in [-0.2, 0) is 16.2 Å². The monoisotopic (exact) mass is 1290 g/mol. The molecule has 0 saturated carbocycles. The van der Waals surface area contributed by atoms with Gasteiger partial charge in [-0.3, -0.25) is 0 Å². The number of hydrogen-bond donors (Lipinski definition) is 0. The highest BCUT2D eigenvalue weighted by molar-refractivity contribution is 7.20. The Bertz CT molecular complexity index is 5700. The smallest absolute Gasteiger partial charge is 0.180 e. The van der Waals surface area contributed by atoms with Crippen LogP contribution in [0.25, 0.3) is 88.0 Å². The fourth-order valence-electron chi connectivity index (χ4n) is 16.3. The molecule has 0 radical (unpaired) electrons. The summed E-state index contributed by atoms with van der Waals surface area (Å²) >= 11 is 0. The molecule has 99 heavy (non-hydrogen) atoms. The molecule has 17 rings (SSSR count). The third-order valence-electron chi connectivity index (χ3n) is 21.3. The Morgan fingerprint density at radius 1 is 0.303 bits per heavy atom. The lowest BCUT2D eigenvalue weighted by molar-refractivity contribution is 0.590. The van der Waals surface area contributed by atoms with Gasteiger partial charge in [0.1, 0.15) is 11.2 Å². The predicted molar refractivity (Wildman–Crippen MR) is 422 cm³/mol. The van der Waals surface area contributed by atoms with E-state index in [2.05, 4.69) is 381 Å². The second-order valence-electron chi connectivity index (χ2n) is 29.6. The van der Waals surface area contributed by atoms with Gasteiger partial charge in [0.05, 0.1) is 17.1 Å². The van der Waals surface area contributed by atoms with Crippen molar-refractivity contribution in [1.29, 1.82) is 0 Å². The molecule has 0 N–H and O–H groups in total. The molecule has 5 heteroatoms. The minimum absolute atomic E-state index is 0.0237. The number of benzene rings is 14. The van der Waals surface area contributed by atoms with Gasteiger partial charge in [0.2, 0.25) is 0 Å². The van der Waals surface area contributed by atoms with Crippen LogP contribution in [0.3, 0.4) is 0 Å². The van der Waals surface area contributed by atoms with Gasteiger partial charge in [-0.05, 0) is 149 Å². The standard InChI is InChI=1S/C94H78N2O2Si/c1-61-29-19-20-36-70(61)74-40-25-42-76-78-44-27-46-83(90(78)97-88(74)76)95(64-53-49-62(50-54-64)92(2,3)4)66-57-58-80-81(59-66)94(8,9)82-60-85(71-37-21-22-39-73(71)87(80)82)96(65-55-51-63(52-56-65)93(5,6)7)84-47-28-45-79-77-43-26-41-75(89(77)98-91(79)84)72-38-23-24-48-86(72)99(67-30-13-10-14-31-67,68-32-15-11-16-33-68)69-34-17-12-18-35-69/h10-60H,1-9H3. The van der Waals surface area contributed by atoms with Gasteiger partial charge in [-0.15, -0.1) is 0 Å². The molecule has 0 fully saturated rings. The lowest BCUT2D eigenvalue weighted by Crippen LogP contribution is -2.75. The lowest BCUT2D eigenvalue weighted by atomic mass is 9.81. The van der Waals surface area contributed by atoms with Crippen molar-refractivity contribution in [3.05, 3.63) is 337 Å². The third kappa shape index (κ3) is 9.91. The largest absolute Gasteiger partial charge is 0.453 e. The summed E-state index contributed by atoms with van der Waals surface area (Å²) in [6.45, 7) is 20.7. The van der Waals surface area contributed by atoms with Crippen LogP contribution in [0.15, 0.2) is 318 Å². The first-order valence-electron chi connectivity index (χ1n) is 34.8. The molecule has 14 aromatic carbocycles. The molecule has 0 spiro atoms. The molecule has 0 atom stereocenters. The van der Waals surface area contributed by atoms with E-state index < -0.39 is 13.5 Å². The number of para-hydroxylation sites is 4. The van der Waals surface area contributed by atoms with Crippen LogP contribution in [0.4, 0.5) is 34.1 Å². The Labute approximate surface area is 581 Å². The summed E-state index contributed by atoms with van der Waals surface area (Å²) in [5.74, 6) is 0. The topological polar surface area (TPSA) is 32.8 Å². The number of aryl methyl sites for hydroxylation is 1. The van der Waals surface area contributed by atoms with Crippen molar-refractivity contribution in [1.82, 2.24) is 0 Å². The second-order valence-corrected chi connectivity index (χ2v) is 33.3. The highest BCUT2D eigenvalue weighted by Crippen LogP contribution is 2.57. The number of nitrogens with zero attached hydrogens (tertiary/aromatic N) is 2. The van der Waals surface area contributed by atoms with Crippen molar-refractivity contribution >= 4 is 118 Å². The van der Waals surface area contributed by atoms with Gasteiger partial charge in [0.15, 0.2) is 19.2 Å². The second kappa shape index (κ2) is 23.5. The van der Waals surface area contributed by atoms with Crippen molar-refractivity contribution in [3.63, 3.8) is 0 Å². The maximum absolute atomic E-state index is 7.72. The maximum atomic E-state index is 7.72. The molecule has 1 aliphatic rings. The van der Waals surface area contributed by atoms with E-state index in [9.17, 15) is 0 Å². The minimum atomic E-state index is -2.99. The summed E-state index contributed by atoms with van der Waals surface area (Å²) in [7, 11) is -2.99. The lowest BCUT2D eigenvalue weighted by Gasteiger charge is -2.36. The van der Waals surface area contributed by atoms with Crippen LogP contribution in [0.5, 0.6) is 0 Å². The molecule has 2 heterocycles. The van der Waals surface area contributed by atoms with E-state index in [0.717, 1.165) is 100 Å². The van der Waals surface area contributed by atoms with E-state index in [1.807, 2.05) is 0 Å². The Kier molecular flexibility index (Phi) is 14.6. The summed E-state index contributed by atoms with van der Waals surface area (Å²) in [6.07, 6.45) is 0. The normalized spacial score (nSPS) is 13.0. The molecule has 0 unspecified atom stereocenters. The molecule has 0 amide bonds. The summed E-state index contributed by atoms with van der Waals surface area (Å²) in [5.41, 5.74) is 22.4. The molecule has 1 aliphatic carbocycles. The number of fused-ring (bicyclic) bond motifs is 11. The van der Waals surface area contributed by atoms with E-state index in [1.165, 1.54) is 70.6 Å². The van der Waals surface area contributed by atoms with Gasteiger partial charge in [-0.2, -0.15) is 0 Å². The van der Waals surface area contributed by atoms with Gasteiger partial charge in [-0.25, -0.2) is 0 Å². The number of anilines is 6. The molecule has 2 aromatic heterocycles. The number of rotatable bonds is 12. The van der Waals surface area contributed by atoms with Gasteiger partial charge in [0.25, 0.3) is 0 Å². The van der Waals surface area contributed by atoms with Crippen molar-refractivity contribution in [3.8, 4) is 33.4 Å². The number of furan rings is 2. The molecule has 16 aromatic rings. The van der Waals surface area contributed by atoms with Crippen LogP contribution in [0.1, 0.15) is 83.2 Å². The van der Waals surface area contributed by atoms with E-state index in [4.69, 9.17) is 8.83 Å². The van der Waals surface area contributed by atoms with E-state index in [0.29, 0.717) is 0 Å². The van der Waals surface area contributed by atoms with Gasteiger partial charge >= 0.3 is 0 Å². The summed E-state index contributed by atoms with van der Waals surface area (Å²) < 4.78 is 15.0. The van der Waals surface area contributed by atoms with Crippen LogP contribution in [-0.4, -0.2) is 8.07 Å². The Balaban J connectivity index is 0.853. The summed E-state index contributed by atoms with van der Waals surface area (Å²) in [5, 5.41) is 11.9. The fourth-order valence-corrected chi connectivity index (χ4v) is 21.2.